The molecule has 0 saturated heterocycles. The molecule has 2 heterocycles. The number of methoxy groups -OCH3 is 1. The van der Waals surface area contributed by atoms with Crippen LogP contribution in [0.2, 0.25) is 0 Å². The summed E-state index contributed by atoms with van der Waals surface area (Å²) in [5.74, 6) is 1.79. The van der Waals surface area contributed by atoms with Crippen molar-refractivity contribution in [3.8, 4) is 17.1 Å². The van der Waals surface area contributed by atoms with Crippen LogP contribution in [-0.4, -0.2) is 22.4 Å². The Hall–Kier alpha value is -3.97. The first-order valence-electron chi connectivity index (χ1n) is 11.8. The van der Waals surface area contributed by atoms with Crippen LogP contribution in [0.25, 0.3) is 17.0 Å². The Morgan fingerprint density at radius 1 is 0.917 bits per heavy atom. The lowest BCUT2D eigenvalue weighted by Crippen LogP contribution is -2.46. The zero-order chi connectivity index (χ0) is 25.4. The van der Waals surface area contributed by atoms with E-state index in [2.05, 4.69) is 42.5 Å². The SMILES string of the molecule is COc1ccc(C2NC(=S)N(c3cc(C)cc(C)c3)C(C)=C2c2nc(-c3cccc(C)c3)no2)cc1. The van der Waals surface area contributed by atoms with Gasteiger partial charge in [-0.05, 0) is 86.9 Å². The maximum atomic E-state index is 5.89. The topological polar surface area (TPSA) is 63.4 Å². The van der Waals surface area contributed by atoms with Gasteiger partial charge in [-0.1, -0.05) is 47.1 Å². The average Bonchev–Trinajstić information content (AvgIpc) is 3.33. The van der Waals surface area contributed by atoms with Gasteiger partial charge in [0.05, 0.1) is 18.7 Å². The minimum Gasteiger partial charge on any atom is -0.497 e. The predicted octanol–water partition coefficient (Wildman–Crippen LogP) is 6.54. The van der Waals surface area contributed by atoms with Gasteiger partial charge in [0.2, 0.25) is 5.82 Å². The smallest absolute Gasteiger partial charge is 0.258 e. The first-order valence-corrected chi connectivity index (χ1v) is 12.2. The van der Waals surface area contributed by atoms with Crippen LogP contribution >= 0.6 is 12.2 Å². The molecule has 36 heavy (non-hydrogen) atoms. The molecule has 1 aliphatic rings. The summed E-state index contributed by atoms with van der Waals surface area (Å²) in [6.45, 7) is 8.27. The Balaban J connectivity index is 1.66. The van der Waals surface area contributed by atoms with E-state index in [0.29, 0.717) is 16.8 Å². The van der Waals surface area contributed by atoms with Crippen molar-refractivity contribution < 1.29 is 9.26 Å². The molecule has 0 radical (unpaired) electrons. The third-order valence-electron chi connectivity index (χ3n) is 6.33. The third kappa shape index (κ3) is 4.50. The fraction of sp³-hybridized carbons (Fsp3) is 0.207. The van der Waals surface area contributed by atoms with Crippen LogP contribution in [0.3, 0.4) is 0 Å². The van der Waals surface area contributed by atoms with Gasteiger partial charge in [0.15, 0.2) is 5.11 Å². The van der Waals surface area contributed by atoms with Crippen LogP contribution in [0.1, 0.15) is 41.1 Å². The number of aryl methyl sites for hydroxylation is 3. The molecule has 1 aromatic heterocycles. The first-order chi connectivity index (χ1) is 17.3. The normalized spacial score (nSPS) is 15.8. The molecule has 1 unspecified atom stereocenters. The van der Waals surface area contributed by atoms with Crippen LogP contribution in [0.4, 0.5) is 5.69 Å². The maximum Gasteiger partial charge on any atom is 0.258 e. The summed E-state index contributed by atoms with van der Waals surface area (Å²) in [5, 5.41) is 8.46. The Kier molecular flexibility index (Phi) is 6.33. The second-order valence-corrected chi connectivity index (χ2v) is 9.52. The van der Waals surface area contributed by atoms with Crippen molar-refractivity contribution in [2.45, 2.75) is 33.7 Å². The highest BCUT2D eigenvalue weighted by Crippen LogP contribution is 2.40. The lowest BCUT2D eigenvalue weighted by Gasteiger charge is -2.37. The summed E-state index contributed by atoms with van der Waals surface area (Å²) >= 11 is 5.89. The van der Waals surface area contributed by atoms with Crippen molar-refractivity contribution in [1.29, 1.82) is 0 Å². The standard InChI is InChI=1S/C29H28N4O2S/c1-17-7-6-8-22(14-17)27-31-28(35-32-27)25-20(4)33(23-15-18(2)13-19(3)16-23)29(36)30-26(25)21-9-11-24(34-5)12-10-21/h6-16,26H,1-5H3,(H,30,36). The molecule has 0 amide bonds. The molecule has 5 rings (SSSR count). The van der Waals surface area contributed by atoms with Gasteiger partial charge in [-0.2, -0.15) is 4.98 Å². The zero-order valence-electron chi connectivity index (χ0n) is 21.0. The second kappa shape index (κ2) is 9.59. The molecule has 1 atom stereocenters. The predicted molar refractivity (Wildman–Crippen MR) is 147 cm³/mol. The summed E-state index contributed by atoms with van der Waals surface area (Å²) in [6, 6.07) is 22.1. The highest BCUT2D eigenvalue weighted by atomic mass is 32.1. The van der Waals surface area contributed by atoms with Gasteiger partial charge in [0.1, 0.15) is 5.75 Å². The quantitative estimate of drug-likeness (QED) is 0.315. The van der Waals surface area contributed by atoms with E-state index in [1.165, 1.54) is 11.1 Å². The minimum atomic E-state index is -0.267. The van der Waals surface area contributed by atoms with Crippen molar-refractivity contribution in [3.63, 3.8) is 0 Å². The summed E-state index contributed by atoms with van der Waals surface area (Å²) in [4.78, 5) is 6.87. The van der Waals surface area contributed by atoms with Gasteiger partial charge >= 0.3 is 0 Å². The monoisotopic (exact) mass is 496 g/mol. The minimum absolute atomic E-state index is 0.267. The number of nitrogens with zero attached hydrogens (tertiary/aromatic N) is 3. The lowest BCUT2D eigenvalue weighted by molar-refractivity contribution is 0.404. The molecule has 182 valence electrons. The van der Waals surface area contributed by atoms with E-state index in [1.807, 2.05) is 67.3 Å². The molecule has 0 aliphatic carbocycles. The Morgan fingerprint density at radius 3 is 2.31 bits per heavy atom. The van der Waals surface area contributed by atoms with Crippen LogP contribution in [0.15, 0.2) is 77.0 Å². The van der Waals surface area contributed by atoms with Crippen LogP contribution < -0.4 is 15.0 Å². The van der Waals surface area contributed by atoms with Gasteiger partial charge in [-0.25, -0.2) is 0 Å². The van der Waals surface area contributed by atoms with Gasteiger partial charge in [0, 0.05) is 16.9 Å². The molecular weight excluding hydrogens is 468 g/mol. The Bertz CT molecular complexity index is 1450. The molecule has 6 nitrogen and oxygen atoms in total. The van der Waals surface area contributed by atoms with E-state index in [1.54, 1.807) is 7.11 Å². The number of thiocarbonyl (C=S) groups is 1. The fourth-order valence-electron chi connectivity index (χ4n) is 4.69. The van der Waals surface area contributed by atoms with E-state index >= 15 is 0 Å². The van der Waals surface area contributed by atoms with E-state index in [0.717, 1.165) is 39.4 Å². The van der Waals surface area contributed by atoms with E-state index in [9.17, 15) is 0 Å². The van der Waals surface area contributed by atoms with Gasteiger partial charge < -0.3 is 14.6 Å². The van der Waals surface area contributed by atoms with Crippen LogP contribution in [-0.2, 0) is 0 Å². The average molecular weight is 497 g/mol. The van der Waals surface area contributed by atoms with Crippen molar-refractivity contribution >= 4 is 28.6 Å². The molecule has 1 aliphatic heterocycles. The number of anilines is 1. The van der Waals surface area contributed by atoms with Gasteiger partial charge in [0.25, 0.3) is 5.89 Å². The number of benzene rings is 3. The molecule has 0 bridgehead atoms. The van der Waals surface area contributed by atoms with E-state index in [4.69, 9.17) is 26.5 Å². The van der Waals surface area contributed by atoms with Crippen LogP contribution in [0, 0.1) is 20.8 Å². The Morgan fingerprint density at radius 2 is 1.64 bits per heavy atom. The first kappa shape index (κ1) is 23.8. The number of rotatable bonds is 5. The number of hydrogen-bond donors (Lipinski definition) is 1. The third-order valence-corrected chi connectivity index (χ3v) is 6.63. The molecule has 7 heteroatoms. The maximum absolute atomic E-state index is 5.89. The van der Waals surface area contributed by atoms with Crippen LogP contribution in [0.5, 0.6) is 5.75 Å². The largest absolute Gasteiger partial charge is 0.497 e. The zero-order valence-corrected chi connectivity index (χ0v) is 21.8. The van der Waals surface area contributed by atoms with Crippen molar-refractivity contribution in [1.82, 2.24) is 15.5 Å². The molecule has 0 fully saturated rings. The Labute approximate surface area is 216 Å². The molecule has 4 aromatic rings. The molecular formula is C29H28N4O2S. The van der Waals surface area contributed by atoms with Crippen molar-refractivity contribution in [2.75, 3.05) is 12.0 Å². The summed E-state index contributed by atoms with van der Waals surface area (Å²) in [5.41, 5.74) is 8.20. The number of allylic oxidation sites excluding steroid dienone is 1. The summed E-state index contributed by atoms with van der Waals surface area (Å²) in [7, 11) is 1.66. The van der Waals surface area contributed by atoms with Gasteiger partial charge in [-0.15, -0.1) is 0 Å². The number of ether oxygens (including phenoxy) is 1. The molecule has 0 saturated carbocycles. The van der Waals surface area contributed by atoms with E-state index in [-0.39, 0.29) is 6.04 Å². The number of aromatic nitrogens is 2. The summed E-state index contributed by atoms with van der Waals surface area (Å²) in [6.07, 6.45) is 0. The summed E-state index contributed by atoms with van der Waals surface area (Å²) < 4.78 is 11.2. The van der Waals surface area contributed by atoms with Crippen molar-refractivity contribution in [3.05, 3.63) is 101 Å². The fourth-order valence-corrected chi connectivity index (χ4v) is 5.05. The van der Waals surface area contributed by atoms with E-state index < -0.39 is 0 Å². The second-order valence-electron chi connectivity index (χ2n) is 9.13. The number of hydrogen-bond acceptors (Lipinski definition) is 5. The van der Waals surface area contributed by atoms with Gasteiger partial charge in [-0.3, -0.25) is 4.90 Å². The molecule has 0 spiro atoms. The van der Waals surface area contributed by atoms with Crippen molar-refractivity contribution in [2.24, 2.45) is 0 Å². The highest BCUT2D eigenvalue weighted by molar-refractivity contribution is 7.80. The lowest BCUT2D eigenvalue weighted by atomic mass is 9.94. The highest BCUT2D eigenvalue weighted by Gasteiger charge is 2.35. The molecule has 1 N–H and O–H groups in total. The molecule has 3 aromatic carbocycles. The number of nitrogens with one attached hydrogen (secondary N) is 1.